The van der Waals surface area contributed by atoms with Crippen LogP contribution in [0.3, 0.4) is 0 Å². The van der Waals surface area contributed by atoms with Crippen molar-refractivity contribution in [2.24, 2.45) is 5.84 Å². The van der Waals surface area contributed by atoms with Gasteiger partial charge < -0.3 is 9.88 Å². The highest BCUT2D eigenvalue weighted by Gasteiger charge is 2.16. The van der Waals surface area contributed by atoms with Gasteiger partial charge in [0.15, 0.2) is 0 Å². The summed E-state index contributed by atoms with van der Waals surface area (Å²) in [6.07, 6.45) is 1.38. The van der Waals surface area contributed by atoms with Gasteiger partial charge in [-0.2, -0.15) is 0 Å². The molecule has 0 spiro atoms. The van der Waals surface area contributed by atoms with E-state index in [1.165, 1.54) is 23.9 Å². The number of nitrogens with one attached hydrogen (secondary N) is 2. The second-order valence-corrected chi connectivity index (χ2v) is 4.61. The van der Waals surface area contributed by atoms with Crippen molar-refractivity contribution in [3.8, 4) is 0 Å². The van der Waals surface area contributed by atoms with Crippen molar-refractivity contribution < 1.29 is 9.59 Å². The van der Waals surface area contributed by atoms with E-state index in [4.69, 9.17) is 5.84 Å². The van der Waals surface area contributed by atoms with E-state index in [2.05, 4.69) is 5.32 Å². The summed E-state index contributed by atoms with van der Waals surface area (Å²) < 4.78 is 1.31. The van der Waals surface area contributed by atoms with Crippen LogP contribution in [0.1, 0.15) is 26.3 Å². The van der Waals surface area contributed by atoms with Gasteiger partial charge in [-0.15, -0.1) is 0 Å². The molecule has 2 rings (SSSR count). The molecule has 4 N–H and O–H groups in total. The van der Waals surface area contributed by atoms with E-state index in [1.54, 1.807) is 0 Å². The number of nitrogens with two attached hydrogens (primary N) is 1. The highest BCUT2D eigenvalue weighted by molar-refractivity contribution is 5.98. The number of benzene rings is 1. The van der Waals surface area contributed by atoms with E-state index in [1.807, 2.05) is 35.8 Å². The van der Waals surface area contributed by atoms with Gasteiger partial charge in [-0.25, -0.2) is 5.84 Å². The number of aromatic nitrogens is 1. The van der Waals surface area contributed by atoms with Crippen LogP contribution < -0.4 is 22.1 Å². The molecular formula is C15H16N4O3. The minimum absolute atomic E-state index is 0.112. The highest BCUT2D eigenvalue weighted by atomic mass is 16.2. The lowest BCUT2D eigenvalue weighted by Crippen LogP contribution is -2.35. The Balaban J connectivity index is 2.54. The third-order valence-corrected chi connectivity index (χ3v) is 3.15. The first-order valence-corrected chi connectivity index (χ1v) is 6.58. The molecule has 0 saturated heterocycles. The number of pyridine rings is 1. The first-order chi connectivity index (χ1) is 10.6. The van der Waals surface area contributed by atoms with E-state index < -0.39 is 17.4 Å². The maximum Gasteiger partial charge on any atom is 0.266 e. The molecule has 7 heteroatoms. The second-order valence-electron chi connectivity index (χ2n) is 4.61. The van der Waals surface area contributed by atoms with E-state index in [9.17, 15) is 14.4 Å². The molecule has 7 nitrogen and oxygen atoms in total. The average molecular weight is 300 g/mol. The van der Waals surface area contributed by atoms with E-state index in [-0.39, 0.29) is 17.7 Å². The largest absolute Gasteiger partial charge is 0.355 e. The van der Waals surface area contributed by atoms with Gasteiger partial charge in [-0.3, -0.25) is 19.8 Å². The first kappa shape index (κ1) is 15.5. The molecule has 0 aliphatic rings. The van der Waals surface area contributed by atoms with Crippen LogP contribution in [0.25, 0.3) is 0 Å². The fourth-order valence-electron chi connectivity index (χ4n) is 2.04. The summed E-state index contributed by atoms with van der Waals surface area (Å²) in [6.45, 7) is 0.245. The number of carbonyl (C=O) groups excluding carboxylic acids is 2. The predicted molar refractivity (Wildman–Crippen MR) is 81.3 cm³/mol. The van der Waals surface area contributed by atoms with Crippen LogP contribution in [0.4, 0.5) is 0 Å². The molecule has 0 atom stereocenters. The van der Waals surface area contributed by atoms with Crippen LogP contribution in [-0.2, 0) is 6.54 Å². The van der Waals surface area contributed by atoms with E-state index in [0.717, 1.165) is 5.56 Å². The smallest absolute Gasteiger partial charge is 0.266 e. The maximum atomic E-state index is 12.4. The van der Waals surface area contributed by atoms with Crippen LogP contribution in [0.5, 0.6) is 0 Å². The fourth-order valence-corrected chi connectivity index (χ4v) is 2.04. The van der Waals surface area contributed by atoms with Crippen molar-refractivity contribution in [1.82, 2.24) is 15.3 Å². The minimum atomic E-state index is -0.577. The van der Waals surface area contributed by atoms with Gasteiger partial charge in [0.1, 0.15) is 5.56 Å². The van der Waals surface area contributed by atoms with Crippen molar-refractivity contribution in [3.63, 3.8) is 0 Å². The molecule has 0 radical (unpaired) electrons. The summed E-state index contributed by atoms with van der Waals surface area (Å²) >= 11 is 0. The van der Waals surface area contributed by atoms with Crippen LogP contribution >= 0.6 is 0 Å². The molecule has 0 aliphatic carbocycles. The lowest BCUT2D eigenvalue weighted by atomic mass is 10.1. The Morgan fingerprint density at radius 3 is 2.45 bits per heavy atom. The molecule has 0 unspecified atom stereocenters. The molecule has 114 valence electrons. The van der Waals surface area contributed by atoms with E-state index >= 15 is 0 Å². The zero-order valence-electron chi connectivity index (χ0n) is 12.0. The number of rotatable bonds is 4. The molecule has 1 aromatic heterocycles. The summed E-state index contributed by atoms with van der Waals surface area (Å²) in [7, 11) is 1.42. The topological polar surface area (TPSA) is 106 Å². The normalized spacial score (nSPS) is 10.1. The SMILES string of the molecule is CNC(=O)c1cc(C(=O)NN)cn(Cc2ccccc2)c1=O. The van der Waals surface area contributed by atoms with Gasteiger partial charge in [-0.1, -0.05) is 30.3 Å². The van der Waals surface area contributed by atoms with Crippen LogP contribution in [0, 0.1) is 0 Å². The third kappa shape index (κ3) is 3.21. The monoisotopic (exact) mass is 300 g/mol. The number of amides is 2. The molecule has 22 heavy (non-hydrogen) atoms. The predicted octanol–water partition coefficient (Wildman–Crippen LogP) is -0.140. The lowest BCUT2D eigenvalue weighted by Gasteiger charge is -2.11. The van der Waals surface area contributed by atoms with Crippen molar-refractivity contribution >= 4 is 11.8 Å². The maximum absolute atomic E-state index is 12.4. The average Bonchev–Trinajstić information content (AvgIpc) is 2.56. The molecule has 0 bridgehead atoms. The highest BCUT2D eigenvalue weighted by Crippen LogP contribution is 2.05. The Morgan fingerprint density at radius 2 is 1.86 bits per heavy atom. The summed E-state index contributed by atoms with van der Waals surface area (Å²) in [4.78, 5) is 35.9. The minimum Gasteiger partial charge on any atom is -0.355 e. The Kier molecular flexibility index (Phi) is 4.70. The molecule has 1 heterocycles. The Labute approximate surface area is 126 Å². The number of hydrazine groups is 1. The van der Waals surface area contributed by atoms with Gasteiger partial charge >= 0.3 is 0 Å². The van der Waals surface area contributed by atoms with Gasteiger partial charge in [0, 0.05) is 13.2 Å². The van der Waals surface area contributed by atoms with Crippen LogP contribution in [-0.4, -0.2) is 23.4 Å². The molecule has 2 amide bonds. The summed E-state index contributed by atoms with van der Waals surface area (Å²) in [5, 5.41) is 2.38. The Morgan fingerprint density at radius 1 is 1.18 bits per heavy atom. The zero-order valence-corrected chi connectivity index (χ0v) is 12.0. The standard InChI is InChI=1S/C15H16N4O3/c1-17-14(21)12-7-11(13(20)18-16)9-19(15(12)22)8-10-5-3-2-4-6-10/h2-7,9H,8,16H2,1H3,(H,17,21)(H,18,20). The number of hydrogen-bond donors (Lipinski definition) is 3. The number of nitrogen functional groups attached to an aromatic ring is 1. The summed E-state index contributed by atoms with van der Waals surface area (Å²) in [5.41, 5.74) is 2.41. The number of carbonyl (C=O) groups is 2. The summed E-state index contributed by atoms with van der Waals surface area (Å²) in [5.74, 6) is 3.98. The quantitative estimate of drug-likeness (QED) is 0.415. The lowest BCUT2D eigenvalue weighted by molar-refractivity contribution is 0.0952. The first-order valence-electron chi connectivity index (χ1n) is 6.58. The molecule has 0 saturated carbocycles. The van der Waals surface area contributed by atoms with Crippen molar-refractivity contribution in [2.75, 3.05) is 7.05 Å². The molecule has 0 fully saturated rings. The van der Waals surface area contributed by atoms with Gasteiger partial charge in [0.05, 0.1) is 12.1 Å². The van der Waals surface area contributed by atoms with Gasteiger partial charge in [0.2, 0.25) is 0 Å². The molecular weight excluding hydrogens is 284 g/mol. The summed E-state index contributed by atoms with van der Waals surface area (Å²) in [6, 6.07) is 10.5. The Hall–Kier alpha value is -2.93. The van der Waals surface area contributed by atoms with Crippen molar-refractivity contribution in [3.05, 3.63) is 69.6 Å². The van der Waals surface area contributed by atoms with Crippen LogP contribution in [0.15, 0.2) is 47.4 Å². The Bertz CT molecular complexity index is 753. The van der Waals surface area contributed by atoms with Crippen molar-refractivity contribution in [1.29, 1.82) is 0 Å². The van der Waals surface area contributed by atoms with Gasteiger partial charge in [0.25, 0.3) is 17.4 Å². The second kappa shape index (κ2) is 6.68. The molecule has 0 aliphatic heterocycles. The zero-order chi connectivity index (χ0) is 16.1. The van der Waals surface area contributed by atoms with Crippen LogP contribution in [0.2, 0.25) is 0 Å². The third-order valence-electron chi connectivity index (χ3n) is 3.15. The number of hydrogen-bond acceptors (Lipinski definition) is 4. The fraction of sp³-hybridized carbons (Fsp3) is 0.133. The van der Waals surface area contributed by atoms with E-state index in [0.29, 0.717) is 0 Å². The number of nitrogens with zero attached hydrogens (tertiary/aromatic N) is 1. The van der Waals surface area contributed by atoms with Crippen molar-refractivity contribution in [2.45, 2.75) is 6.54 Å². The molecule has 1 aromatic carbocycles. The van der Waals surface area contributed by atoms with Gasteiger partial charge in [-0.05, 0) is 11.6 Å². The molecule has 2 aromatic rings.